The third-order valence-electron chi connectivity index (χ3n) is 4.23. The fourth-order valence-corrected chi connectivity index (χ4v) is 3.07. The van der Waals surface area contributed by atoms with E-state index in [1.807, 2.05) is 0 Å². The van der Waals surface area contributed by atoms with Gasteiger partial charge in [0, 0.05) is 18.0 Å². The van der Waals surface area contributed by atoms with E-state index in [0.717, 1.165) is 18.3 Å². The van der Waals surface area contributed by atoms with Gasteiger partial charge < -0.3 is 21.5 Å². The number of carbonyl (C=O) groups is 2. The fraction of sp³-hybridized carbons (Fsp3) is 0.353. The summed E-state index contributed by atoms with van der Waals surface area (Å²) in [7, 11) is 0. The Bertz CT molecular complexity index is 912. The molecular formula is C17H19F3N6O3. The molecule has 0 saturated carbocycles. The molecule has 1 aromatic carbocycles. The van der Waals surface area contributed by atoms with Gasteiger partial charge in [-0.05, 0) is 26.0 Å². The Labute approximate surface area is 163 Å². The molecule has 0 aromatic heterocycles. The molecule has 1 atom stereocenters. The van der Waals surface area contributed by atoms with Crippen molar-refractivity contribution in [1.82, 2.24) is 10.2 Å². The largest absolute Gasteiger partial charge is 0.573 e. The summed E-state index contributed by atoms with van der Waals surface area (Å²) in [6, 6.07) is 4.48. The van der Waals surface area contributed by atoms with Gasteiger partial charge in [-0.25, -0.2) is 9.79 Å². The Kier molecular flexibility index (Phi) is 4.91. The number of alkyl halides is 3. The van der Waals surface area contributed by atoms with E-state index in [1.165, 1.54) is 21.9 Å². The summed E-state index contributed by atoms with van der Waals surface area (Å²) >= 11 is 0. The number of anilines is 1. The average Bonchev–Trinajstić information content (AvgIpc) is 2.85. The second-order valence-corrected chi connectivity index (χ2v) is 7.14. The van der Waals surface area contributed by atoms with Gasteiger partial charge in [0.2, 0.25) is 11.9 Å². The molecule has 3 rings (SSSR count). The third kappa shape index (κ3) is 4.26. The number of nitrogens with one attached hydrogen (secondary N) is 1. The lowest BCUT2D eigenvalue weighted by molar-refractivity contribution is -0.274. The highest BCUT2D eigenvalue weighted by Crippen LogP contribution is 2.31. The number of amides is 3. The molecule has 9 nitrogen and oxygen atoms in total. The third-order valence-corrected chi connectivity index (χ3v) is 4.23. The zero-order chi connectivity index (χ0) is 21.6. The van der Waals surface area contributed by atoms with Crippen LogP contribution in [0.5, 0.6) is 5.75 Å². The lowest BCUT2D eigenvalue weighted by Crippen LogP contribution is -2.57. The van der Waals surface area contributed by atoms with Crippen LogP contribution in [0, 0.1) is 0 Å². The van der Waals surface area contributed by atoms with Crippen molar-refractivity contribution in [3.8, 4) is 5.75 Å². The maximum absolute atomic E-state index is 12.6. The van der Waals surface area contributed by atoms with Crippen LogP contribution < -0.4 is 26.4 Å². The van der Waals surface area contributed by atoms with Gasteiger partial charge in [0.25, 0.3) is 0 Å². The summed E-state index contributed by atoms with van der Waals surface area (Å²) in [6.07, 6.45) is -4.93. The standard InChI is InChI=1S/C17H19F3N6O3/c1-16(2)8-25(15(28)24-16)14-23-7-11(13(22)27)12(21)26(14)9-4-3-5-10(6-9)29-17(18,19)20/h3-7,12H,8,21H2,1-2H3,(H2,22,27)(H,24,28). The Hall–Kier alpha value is -3.28. The van der Waals surface area contributed by atoms with Gasteiger partial charge in [-0.2, -0.15) is 0 Å². The molecule has 29 heavy (non-hydrogen) atoms. The van der Waals surface area contributed by atoms with Gasteiger partial charge in [0.15, 0.2) is 0 Å². The number of nitrogens with zero attached hydrogens (tertiary/aromatic N) is 3. The first-order valence-corrected chi connectivity index (χ1v) is 8.46. The number of aliphatic imine (C=N–C) groups is 1. The maximum atomic E-state index is 12.6. The summed E-state index contributed by atoms with van der Waals surface area (Å²) in [4.78, 5) is 30.8. The first-order chi connectivity index (χ1) is 13.4. The molecule has 3 amide bonds. The number of hydrogen-bond donors (Lipinski definition) is 3. The van der Waals surface area contributed by atoms with E-state index < -0.39 is 35.8 Å². The molecule has 1 saturated heterocycles. The van der Waals surface area contributed by atoms with Gasteiger partial charge in [-0.15, -0.1) is 13.2 Å². The van der Waals surface area contributed by atoms with Crippen molar-refractivity contribution in [2.75, 3.05) is 11.4 Å². The zero-order valence-electron chi connectivity index (χ0n) is 15.5. The Balaban J connectivity index is 2.05. The van der Waals surface area contributed by atoms with Gasteiger partial charge in [0.05, 0.1) is 17.7 Å². The Morgan fingerprint density at radius 1 is 1.38 bits per heavy atom. The topological polar surface area (TPSA) is 126 Å². The van der Waals surface area contributed by atoms with Gasteiger partial charge in [-0.3, -0.25) is 14.6 Å². The van der Waals surface area contributed by atoms with E-state index in [0.29, 0.717) is 0 Å². The molecular weight excluding hydrogens is 393 g/mol. The summed E-state index contributed by atoms with van der Waals surface area (Å²) in [5, 5.41) is 2.76. The molecule has 1 unspecified atom stereocenters. The van der Waals surface area contributed by atoms with Crippen LogP contribution in [0.3, 0.4) is 0 Å². The second-order valence-electron chi connectivity index (χ2n) is 7.14. The number of guanidine groups is 1. The van der Waals surface area contributed by atoms with Crippen LogP contribution in [-0.2, 0) is 4.79 Å². The summed E-state index contributed by atoms with van der Waals surface area (Å²) in [5.41, 5.74) is 11.0. The quantitative estimate of drug-likeness (QED) is 0.688. The molecule has 5 N–H and O–H groups in total. The van der Waals surface area contributed by atoms with Crippen LogP contribution in [0.25, 0.3) is 0 Å². The van der Waals surface area contributed by atoms with Crippen molar-refractivity contribution in [2.24, 2.45) is 16.5 Å². The maximum Gasteiger partial charge on any atom is 0.573 e. The minimum Gasteiger partial charge on any atom is -0.406 e. The number of benzene rings is 1. The van der Waals surface area contributed by atoms with E-state index in [4.69, 9.17) is 11.5 Å². The second kappa shape index (κ2) is 6.95. The highest BCUT2D eigenvalue weighted by molar-refractivity contribution is 6.10. The van der Waals surface area contributed by atoms with Crippen LogP contribution in [0.1, 0.15) is 13.8 Å². The summed E-state index contributed by atoms with van der Waals surface area (Å²) in [5.74, 6) is -1.31. The molecule has 2 heterocycles. The number of primary amides is 1. The van der Waals surface area contributed by atoms with Crippen molar-refractivity contribution in [2.45, 2.75) is 31.9 Å². The molecule has 156 valence electrons. The van der Waals surface area contributed by atoms with Crippen LogP contribution in [0.15, 0.2) is 41.0 Å². The van der Waals surface area contributed by atoms with Crippen molar-refractivity contribution in [3.05, 3.63) is 36.0 Å². The van der Waals surface area contributed by atoms with E-state index >= 15 is 0 Å². The van der Waals surface area contributed by atoms with Gasteiger partial charge in [0.1, 0.15) is 11.9 Å². The lowest BCUT2D eigenvalue weighted by atomic mass is 10.1. The SMILES string of the molecule is CC1(C)CN(C2=NC=C(C(N)=O)C(N)N2c2cccc(OC(F)(F)F)c2)C(=O)N1. The molecule has 2 aliphatic heterocycles. The van der Waals surface area contributed by atoms with Crippen LogP contribution in [0.4, 0.5) is 23.7 Å². The Morgan fingerprint density at radius 3 is 2.62 bits per heavy atom. The molecule has 1 fully saturated rings. The van der Waals surface area contributed by atoms with Gasteiger partial charge in [-0.1, -0.05) is 6.07 Å². The van der Waals surface area contributed by atoms with Crippen molar-refractivity contribution in [3.63, 3.8) is 0 Å². The van der Waals surface area contributed by atoms with Crippen molar-refractivity contribution in [1.29, 1.82) is 0 Å². The number of halogens is 3. The van der Waals surface area contributed by atoms with Gasteiger partial charge >= 0.3 is 12.4 Å². The predicted octanol–water partition coefficient (Wildman–Crippen LogP) is 1.22. The van der Waals surface area contributed by atoms with E-state index in [1.54, 1.807) is 13.8 Å². The summed E-state index contributed by atoms with van der Waals surface area (Å²) in [6.45, 7) is 3.80. The first-order valence-electron chi connectivity index (χ1n) is 8.46. The van der Waals surface area contributed by atoms with E-state index in [2.05, 4.69) is 15.0 Å². The normalized spacial score (nSPS) is 21.4. The zero-order valence-corrected chi connectivity index (χ0v) is 15.5. The predicted molar refractivity (Wildman–Crippen MR) is 97.6 cm³/mol. The molecule has 0 radical (unpaired) electrons. The van der Waals surface area contributed by atoms with E-state index in [-0.39, 0.29) is 23.8 Å². The number of ether oxygens (including phenoxy) is 1. The Morgan fingerprint density at radius 2 is 2.07 bits per heavy atom. The number of hydrogen-bond acceptors (Lipinski definition) is 6. The molecule has 0 aliphatic carbocycles. The number of urea groups is 1. The van der Waals surface area contributed by atoms with Crippen LogP contribution in [-0.4, -0.2) is 47.4 Å². The average molecular weight is 412 g/mol. The molecule has 0 bridgehead atoms. The highest BCUT2D eigenvalue weighted by atomic mass is 19.4. The van der Waals surface area contributed by atoms with E-state index in [9.17, 15) is 22.8 Å². The fourth-order valence-electron chi connectivity index (χ4n) is 3.07. The number of nitrogens with two attached hydrogens (primary N) is 2. The monoisotopic (exact) mass is 412 g/mol. The number of carbonyl (C=O) groups excluding carboxylic acids is 2. The van der Waals surface area contributed by atoms with Crippen LogP contribution >= 0.6 is 0 Å². The molecule has 12 heteroatoms. The first kappa shape index (κ1) is 20.5. The minimum atomic E-state index is -4.89. The van der Waals surface area contributed by atoms with Crippen molar-refractivity contribution >= 4 is 23.6 Å². The smallest absolute Gasteiger partial charge is 0.406 e. The molecule has 1 aromatic rings. The lowest BCUT2D eigenvalue weighted by Gasteiger charge is -2.37. The van der Waals surface area contributed by atoms with Crippen molar-refractivity contribution < 1.29 is 27.5 Å². The summed E-state index contributed by atoms with van der Waals surface area (Å²) < 4.78 is 41.8. The molecule has 0 spiro atoms. The molecule has 2 aliphatic rings. The highest BCUT2D eigenvalue weighted by Gasteiger charge is 2.42. The number of rotatable bonds is 3. The minimum absolute atomic E-state index is 0.0368. The van der Waals surface area contributed by atoms with Crippen LogP contribution in [0.2, 0.25) is 0 Å².